The van der Waals surface area contributed by atoms with Gasteiger partial charge in [0, 0.05) is 31.0 Å². The Morgan fingerprint density at radius 3 is 2.41 bits per heavy atom. The van der Waals surface area contributed by atoms with Gasteiger partial charge in [0.2, 0.25) is 0 Å². The predicted molar refractivity (Wildman–Crippen MR) is 60.9 cm³/mol. The van der Waals surface area contributed by atoms with Crippen LogP contribution in [0.15, 0.2) is 0 Å². The number of rotatable bonds is 8. The summed E-state index contributed by atoms with van der Waals surface area (Å²) >= 11 is 0. The summed E-state index contributed by atoms with van der Waals surface area (Å²) in [6, 6.07) is 0.652. The first-order valence-corrected chi connectivity index (χ1v) is 6.16. The molecule has 1 aliphatic rings. The molecule has 0 aromatic heterocycles. The molecule has 0 atom stereocenters. The molecular weight excluding hydrogens is 231 g/mol. The second kappa shape index (κ2) is 6.05. The van der Waals surface area contributed by atoms with Crippen molar-refractivity contribution in [1.82, 2.24) is 5.32 Å². The molecule has 0 unspecified atom stereocenters. The van der Waals surface area contributed by atoms with Crippen LogP contribution in [0.5, 0.6) is 0 Å². The van der Waals surface area contributed by atoms with Crippen LogP contribution in [0, 0.1) is 5.41 Å². The summed E-state index contributed by atoms with van der Waals surface area (Å²) in [5.41, 5.74) is -0.0131. The van der Waals surface area contributed by atoms with Crippen LogP contribution in [0.2, 0.25) is 0 Å². The van der Waals surface area contributed by atoms with E-state index in [1.54, 1.807) is 0 Å². The molecule has 0 amide bonds. The summed E-state index contributed by atoms with van der Waals surface area (Å²) in [7, 11) is 0. The Hall–Kier alpha value is -0.290. The normalized spacial score (nSPS) is 17.5. The van der Waals surface area contributed by atoms with E-state index in [0.29, 0.717) is 12.6 Å². The van der Waals surface area contributed by atoms with Gasteiger partial charge in [0.1, 0.15) is 0 Å². The topological polar surface area (TPSA) is 21.3 Å². The third-order valence-electron chi connectivity index (χ3n) is 2.69. The number of hydrogen-bond acceptors (Lipinski definition) is 2. The van der Waals surface area contributed by atoms with Crippen LogP contribution in [-0.4, -0.2) is 32.0 Å². The molecule has 0 aromatic carbocycles. The van der Waals surface area contributed by atoms with Gasteiger partial charge in [-0.15, -0.1) is 0 Å². The minimum Gasteiger partial charge on any atom is -0.381 e. The van der Waals surface area contributed by atoms with Crippen LogP contribution >= 0.6 is 0 Å². The molecule has 17 heavy (non-hydrogen) atoms. The number of hydrogen-bond donors (Lipinski definition) is 1. The van der Waals surface area contributed by atoms with Gasteiger partial charge < -0.3 is 10.1 Å². The van der Waals surface area contributed by atoms with Crippen LogP contribution in [0.1, 0.15) is 39.5 Å². The lowest BCUT2D eigenvalue weighted by Crippen LogP contribution is -2.34. The molecule has 0 spiro atoms. The Labute approximate surface area is 101 Å². The van der Waals surface area contributed by atoms with Gasteiger partial charge in [-0.2, -0.15) is 13.2 Å². The van der Waals surface area contributed by atoms with Crippen LogP contribution in [0.3, 0.4) is 0 Å². The highest BCUT2D eigenvalue weighted by atomic mass is 19.4. The fourth-order valence-corrected chi connectivity index (χ4v) is 1.48. The van der Waals surface area contributed by atoms with E-state index in [2.05, 4.69) is 19.2 Å². The van der Waals surface area contributed by atoms with E-state index in [0.717, 1.165) is 6.54 Å². The number of halogens is 3. The Balaban J connectivity index is 1.99. The number of ether oxygens (including phenoxy) is 1. The Bertz CT molecular complexity index is 224. The van der Waals surface area contributed by atoms with Gasteiger partial charge in [-0.3, -0.25) is 0 Å². The molecule has 1 fully saturated rings. The zero-order valence-corrected chi connectivity index (χ0v) is 10.6. The third kappa shape index (κ3) is 8.44. The molecule has 0 bridgehead atoms. The lowest BCUT2D eigenvalue weighted by Gasteiger charge is -2.25. The monoisotopic (exact) mass is 253 g/mol. The molecule has 1 N–H and O–H groups in total. The van der Waals surface area contributed by atoms with Crippen LogP contribution in [-0.2, 0) is 4.74 Å². The summed E-state index contributed by atoms with van der Waals surface area (Å²) < 4.78 is 40.9. The Morgan fingerprint density at radius 2 is 1.88 bits per heavy atom. The molecular formula is C12H22F3NO. The quantitative estimate of drug-likeness (QED) is 0.671. The van der Waals surface area contributed by atoms with Gasteiger partial charge in [0.25, 0.3) is 0 Å². The second-order valence-corrected chi connectivity index (χ2v) is 5.59. The van der Waals surface area contributed by atoms with E-state index in [1.807, 2.05) is 0 Å². The largest absolute Gasteiger partial charge is 0.389 e. The highest BCUT2D eigenvalue weighted by molar-refractivity contribution is 4.83. The molecule has 0 saturated heterocycles. The van der Waals surface area contributed by atoms with Crippen molar-refractivity contribution in [3.8, 4) is 0 Å². The smallest absolute Gasteiger partial charge is 0.381 e. The van der Waals surface area contributed by atoms with E-state index >= 15 is 0 Å². The fraction of sp³-hybridized carbons (Fsp3) is 1.00. The van der Waals surface area contributed by atoms with Crippen molar-refractivity contribution >= 4 is 0 Å². The van der Waals surface area contributed by atoms with Gasteiger partial charge in [-0.25, -0.2) is 0 Å². The Morgan fingerprint density at radius 1 is 1.24 bits per heavy atom. The lowest BCUT2D eigenvalue weighted by molar-refractivity contribution is -0.138. The minimum atomic E-state index is -4.06. The van der Waals surface area contributed by atoms with Gasteiger partial charge in [-0.05, 0) is 19.3 Å². The average molecular weight is 253 g/mol. The standard InChI is InChI=1S/C12H22F3NO/c1-11(2,8-16-10-4-5-10)9-17-7-3-6-12(13,14)15/h10,16H,3-9H2,1-2H3. The van der Waals surface area contributed by atoms with Crippen molar-refractivity contribution < 1.29 is 17.9 Å². The van der Waals surface area contributed by atoms with Crippen molar-refractivity contribution in [3.05, 3.63) is 0 Å². The van der Waals surface area contributed by atoms with E-state index in [4.69, 9.17) is 4.74 Å². The first kappa shape index (κ1) is 14.8. The van der Waals surface area contributed by atoms with Crippen LogP contribution in [0.4, 0.5) is 13.2 Å². The molecule has 1 aliphatic carbocycles. The van der Waals surface area contributed by atoms with E-state index < -0.39 is 12.6 Å². The highest BCUT2D eigenvalue weighted by Crippen LogP contribution is 2.23. The molecule has 2 nitrogen and oxygen atoms in total. The molecule has 5 heteroatoms. The zero-order chi connectivity index (χ0) is 12.9. The third-order valence-corrected chi connectivity index (χ3v) is 2.69. The fourth-order valence-electron chi connectivity index (χ4n) is 1.48. The molecule has 0 heterocycles. The maximum atomic E-state index is 11.9. The highest BCUT2D eigenvalue weighted by Gasteiger charge is 2.27. The lowest BCUT2D eigenvalue weighted by atomic mass is 9.95. The molecule has 1 saturated carbocycles. The van der Waals surface area contributed by atoms with Crippen LogP contribution < -0.4 is 5.32 Å². The van der Waals surface area contributed by atoms with E-state index in [-0.39, 0.29) is 18.4 Å². The zero-order valence-electron chi connectivity index (χ0n) is 10.6. The van der Waals surface area contributed by atoms with Gasteiger partial charge in [0.05, 0.1) is 6.61 Å². The van der Waals surface area contributed by atoms with Crippen molar-refractivity contribution in [2.75, 3.05) is 19.8 Å². The first-order chi connectivity index (χ1) is 7.79. The van der Waals surface area contributed by atoms with Gasteiger partial charge in [0.15, 0.2) is 0 Å². The summed E-state index contributed by atoms with van der Waals surface area (Å²) in [4.78, 5) is 0. The van der Waals surface area contributed by atoms with Crippen molar-refractivity contribution in [2.45, 2.75) is 51.7 Å². The van der Waals surface area contributed by atoms with Crippen molar-refractivity contribution in [3.63, 3.8) is 0 Å². The minimum absolute atomic E-state index is 0.0131. The predicted octanol–water partition coefficient (Wildman–Crippen LogP) is 3.12. The van der Waals surface area contributed by atoms with Gasteiger partial charge in [-0.1, -0.05) is 13.8 Å². The SMILES string of the molecule is CC(C)(CNC1CC1)COCCCC(F)(F)F. The summed E-state index contributed by atoms with van der Waals surface area (Å²) in [5, 5.41) is 3.40. The summed E-state index contributed by atoms with van der Waals surface area (Å²) in [6.45, 7) is 5.67. The molecule has 102 valence electrons. The van der Waals surface area contributed by atoms with Crippen LogP contribution in [0.25, 0.3) is 0 Å². The molecule has 0 aliphatic heterocycles. The summed E-state index contributed by atoms with van der Waals surface area (Å²) in [6.07, 6.45) is -2.29. The maximum Gasteiger partial charge on any atom is 0.389 e. The van der Waals surface area contributed by atoms with Crippen molar-refractivity contribution in [1.29, 1.82) is 0 Å². The van der Waals surface area contributed by atoms with Crippen molar-refractivity contribution in [2.24, 2.45) is 5.41 Å². The second-order valence-electron chi connectivity index (χ2n) is 5.59. The first-order valence-electron chi connectivity index (χ1n) is 6.16. The maximum absolute atomic E-state index is 11.9. The molecule has 1 rings (SSSR count). The summed E-state index contributed by atoms with van der Waals surface area (Å²) in [5.74, 6) is 0. The number of nitrogens with one attached hydrogen (secondary N) is 1. The molecule has 0 aromatic rings. The Kier molecular flexibility index (Phi) is 5.25. The van der Waals surface area contributed by atoms with E-state index in [9.17, 15) is 13.2 Å². The molecule has 0 radical (unpaired) electrons. The average Bonchev–Trinajstić information content (AvgIpc) is 2.95. The van der Waals surface area contributed by atoms with E-state index in [1.165, 1.54) is 12.8 Å². The van der Waals surface area contributed by atoms with Gasteiger partial charge >= 0.3 is 6.18 Å². The number of alkyl halides is 3.